The number of carbonyl (C=O) groups excluding carboxylic acids is 1. The van der Waals surface area contributed by atoms with Gasteiger partial charge in [-0.2, -0.15) is 0 Å². The van der Waals surface area contributed by atoms with Crippen LogP contribution in [0.4, 0.5) is 4.39 Å². The van der Waals surface area contributed by atoms with Gasteiger partial charge in [0.05, 0.1) is 0 Å². The third kappa shape index (κ3) is 5.26. The van der Waals surface area contributed by atoms with Gasteiger partial charge >= 0.3 is 0 Å². The van der Waals surface area contributed by atoms with E-state index in [1.165, 1.54) is 6.07 Å². The Bertz CT molecular complexity index is 796. The SMILES string of the molecule is CC(C)(C)Oc1cc(C(=O)N2CCN(Cc3ccccc3F)CC2)ccn1. The van der Waals surface area contributed by atoms with E-state index in [-0.39, 0.29) is 17.3 Å². The lowest BCUT2D eigenvalue weighted by Gasteiger charge is -2.35. The number of hydrogen-bond acceptors (Lipinski definition) is 4. The molecule has 1 amide bonds. The van der Waals surface area contributed by atoms with Crippen LogP contribution in [-0.4, -0.2) is 52.5 Å². The first-order valence-electron chi connectivity index (χ1n) is 9.22. The van der Waals surface area contributed by atoms with Gasteiger partial charge in [-0.3, -0.25) is 9.69 Å². The first-order chi connectivity index (χ1) is 12.8. The van der Waals surface area contributed by atoms with Gasteiger partial charge < -0.3 is 9.64 Å². The number of carbonyl (C=O) groups is 1. The van der Waals surface area contributed by atoms with Crippen LogP contribution in [0.15, 0.2) is 42.6 Å². The van der Waals surface area contributed by atoms with Crippen LogP contribution in [0.1, 0.15) is 36.7 Å². The van der Waals surface area contributed by atoms with Gasteiger partial charge in [0, 0.05) is 56.1 Å². The number of pyridine rings is 1. The molecule has 144 valence electrons. The molecule has 0 saturated carbocycles. The Morgan fingerprint density at radius 3 is 2.52 bits per heavy atom. The number of amides is 1. The molecule has 2 heterocycles. The van der Waals surface area contributed by atoms with Crippen LogP contribution in [0.3, 0.4) is 0 Å². The largest absolute Gasteiger partial charge is 0.472 e. The van der Waals surface area contributed by atoms with Crippen LogP contribution in [0.5, 0.6) is 5.88 Å². The lowest BCUT2D eigenvalue weighted by Crippen LogP contribution is -2.48. The van der Waals surface area contributed by atoms with Gasteiger partial charge in [-0.1, -0.05) is 18.2 Å². The zero-order valence-corrected chi connectivity index (χ0v) is 16.1. The zero-order valence-electron chi connectivity index (χ0n) is 16.1. The first-order valence-corrected chi connectivity index (χ1v) is 9.22. The van der Waals surface area contributed by atoms with Gasteiger partial charge in [-0.15, -0.1) is 0 Å². The van der Waals surface area contributed by atoms with Crippen LogP contribution < -0.4 is 4.74 Å². The van der Waals surface area contributed by atoms with E-state index in [0.29, 0.717) is 36.6 Å². The summed E-state index contributed by atoms with van der Waals surface area (Å²) in [6.07, 6.45) is 1.60. The topological polar surface area (TPSA) is 45.7 Å². The van der Waals surface area contributed by atoms with Crippen molar-refractivity contribution in [2.75, 3.05) is 26.2 Å². The second-order valence-electron chi connectivity index (χ2n) is 7.76. The zero-order chi connectivity index (χ0) is 19.4. The molecular formula is C21H26FN3O2. The van der Waals surface area contributed by atoms with Crippen molar-refractivity contribution in [3.8, 4) is 5.88 Å². The van der Waals surface area contributed by atoms with Crippen LogP contribution in [0, 0.1) is 5.82 Å². The number of nitrogens with zero attached hydrogens (tertiary/aromatic N) is 3. The molecule has 2 aromatic rings. The van der Waals surface area contributed by atoms with E-state index in [1.54, 1.807) is 30.5 Å². The Morgan fingerprint density at radius 2 is 1.85 bits per heavy atom. The van der Waals surface area contributed by atoms with Crippen molar-refractivity contribution in [3.05, 3.63) is 59.5 Å². The average Bonchev–Trinajstić information content (AvgIpc) is 2.62. The van der Waals surface area contributed by atoms with Crippen molar-refractivity contribution in [2.24, 2.45) is 0 Å². The number of rotatable bonds is 4. The third-order valence-electron chi connectivity index (χ3n) is 4.40. The van der Waals surface area contributed by atoms with Crippen molar-refractivity contribution in [3.63, 3.8) is 0 Å². The van der Waals surface area contributed by atoms with E-state index >= 15 is 0 Å². The number of piperazine rings is 1. The molecule has 0 bridgehead atoms. The molecule has 3 rings (SSSR count). The molecule has 0 aliphatic carbocycles. The van der Waals surface area contributed by atoms with Crippen molar-refractivity contribution < 1.29 is 13.9 Å². The molecular weight excluding hydrogens is 345 g/mol. The summed E-state index contributed by atoms with van der Waals surface area (Å²) in [7, 11) is 0. The number of halogens is 1. The van der Waals surface area contributed by atoms with Gasteiger partial charge in [-0.25, -0.2) is 9.37 Å². The fourth-order valence-corrected chi connectivity index (χ4v) is 3.07. The minimum absolute atomic E-state index is 0.0262. The Kier molecular flexibility index (Phi) is 5.75. The minimum Gasteiger partial charge on any atom is -0.472 e. The number of ether oxygens (including phenoxy) is 1. The van der Waals surface area contributed by atoms with E-state index in [9.17, 15) is 9.18 Å². The molecule has 0 unspecified atom stereocenters. The number of aromatic nitrogens is 1. The molecule has 5 nitrogen and oxygen atoms in total. The summed E-state index contributed by atoms with van der Waals surface area (Å²) in [4.78, 5) is 21.0. The maximum atomic E-state index is 13.8. The molecule has 0 spiro atoms. The molecule has 1 aromatic carbocycles. The van der Waals surface area contributed by atoms with Crippen molar-refractivity contribution in [1.82, 2.24) is 14.8 Å². The van der Waals surface area contributed by atoms with E-state index in [0.717, 1.165) is 13.1 Å². The highest BCUT2D eigenvalue weighted by molar-refractivity contribution is 5.94. The Labute approximate surface area is 159 Å². The van der Waals surface area contributed by atoms with E-state index in [4.69, 9.17) is 4.74 Å². The minimum atomic E-state index is -0.368. The highest BCUT2D eigenvalue weighted by Gasteiger charge is 2.23. The normalized spacial score (nSPS) is 15.6. The monoisotopic (exact) mass is 371 g/mol. The van der Waals surface area contributed by atoms with Crippen LogP contribution >= 0.6 is 0 Å². The summed E-state index contributed by atoms with van der Waals surface area (Å²) in [5, 5.41) is 0. The molecule has 6 heteroatoms. The fraction of sp³-hybridized carbons (Fsp3) is 0.429. The Balaban J connectivity index is 1.59. The Morgan fingerprint density at radius 1 is 1.15 bits per heavy atom. The summed E-state index contributed by atoms with van der Waals surface area (Å²) >= 11 is 0. The second-order valence-corrected chi connectivity index (χ2v) is 7.76. The second kappa shape index (κ2) is 8.05. The highest BCUT2D eigenvalue weighted by Crippen LogP contribution is 2.18. The summed E-state index contributed by atoms with van der Waals surface area (Å²) in [6.45, 7) is 9.06. The Hall–Kier alpha value is -2.47. The molecule has 0 radical (unpaired) electrons. The molecule has 1 aliphatic heterocycles. The summed E-state index contributed by atoms with van der Waals surface area (Å²) in [6, 6.07) is 10.2. The fourth-order valence-electron chi connectivity index (χ4n) is 3.07. The predicted octanol–water partition coefficient (Wildman–Crippen LogP) is 3.36. The maximum absolute atomic E-state index is 13.8. The smallest absolute Gasteiger partial charge is 0.254 e. The highest BCUT2D eigenvalue weighted by atomic mass is 19.1. The quantitative estimate of drug-likeness (QED) is 0.827. The predicted molar refractivity (Wildman–Crippen MR) is 102 cm³/mol. The number of hydrogen-bond donors (Lipinski definition) is 0. The van der Waals surface area contributed by atoms with E-state index < -0.39 is 0 Å². The van der Waals surface area contributed by atoms with Gasteiger partial charge in [0.15, 0.2) is 0 Å². The molecule has 1 aliphatic rings. The van der Waals surface area contributed by atoms with Gasteiger partial charge in [0.25, 0.3) is 5.91 Å². The van der Waals surface area contributed by atoms with Crippen molar-refractivity contribution >= 4 is 5.91 Å². The van der Waals surface area contributed by atoms with Crippen molar-refractivity contribution in [1.29, 1.82) is 0 Å². The maximum Gasteiger partial charge on any atom is 0.254 e. The van der Waals surface area contributed by atoms with Crippen LogP contribution in [-0.2, 0) is 6.54 Å². The summed E-state index contributed by atoms with van der Waals surface area (Å²) in [5.74, 6) is 0.243. The van der Waals surface area contributed by atoms with Gasteiger partial charge in [0.2, 0.25) is 5.88 Å². The lowest BCUT2D eigenvalue weighted by atomic mass is 10.1. The standard InChI is InChI=1S/C21H26FN3O2/c1-21(2,3)27-19-14-16(8-9-23-19)20(26)25-12-10-24(11-13-25)15-17-6-4-5-7-18(17)22/h4-9,14H,10-13,15H2,1-3H3. The summed E-state index contributed by atoms with van der Waals surface area (Å²) < 4.78 is 19.6. The third-order valence-corrected chi connectivity index (χ3v) is 4.40. The van der Waals surface area contributed by atoms with Crippen molar-refractivity contribution in [2.45, 2.75) is 32.9 Å². The molecule has 1 aromatic heterocycles. The molecule has 0 N–H and O–H groups in total. The molecule has 27 heavy (non-hydrogen) atoms. The summed E-state index contributed by atoms with van der Waals surface area (Å²) in [5.41, 5.74) is 0.898. The molecule has 1 fully saturated rings. The van der Waals surface area contributed by atoms with Crippen LogP contribution in [0.2, 0.25) is 0 Å². The average molecular weight is 371 g/mol. The number of benzene rings is 1. The molecule has 0 atom stereocenters. The van der Waals surface area contributed by atoms with Gasteiger partial charge in [0.1, 0.15) is 11.4 Å². The lowest BCUT2D eigenvalue weighted by molar-refractivity contribution is 0.0624. The van der Waals surface area contributed by atoms with Gasteiger partial charge in [-0.05, 0) is 32.9 Å². The van der Waals surface area contributed by atoms with E-state index in [2.05, 4.69) is 9.88 Å². The molecule has 1 saturated heterocycles. The van der Waals surface area contributed by atoms with E-state index in [1.807, 2.05) is 31.7 Å². The van der Waals surface area contributed by atoms with Crippen LogP contribution in [0.25, 0.3) is 0 Å². The first kappa shape index (κ1) is 19.3.